The fourth-order valence-corrected chi connectivity index (χ4v) is 1.97. The van der Waals surface area contributed by atoms with Gasteiger partial charge < -0.3 is 15.4 Å². The van der Waals surface area contributed by atoms with Crippen molar-refractivity contribution in [1.82, 2.24) is 9.38 Å². The van der Waals surface area contributed by atoms with Crippen LogP contribution in [0.5, 0.6) is 0 Å². The molecule has 0 aliphatic rings. The summed E-state index contributed by atoms with van der Waals surface area (Å²) in [6.45, 7) is 6.22. The molecule has 0 aliphatic heterocycles. The van der Waals surface area contributed by atoms with Crippen molar-refractivity contribution < 1.29 is 4.92 Å². The van der Waals surface area contributed by atoms with Crippen LogP contribution in [0.25, 0.3) is 5.65 Å². The van der Waals surface area contributed by atoms with Gasteiger partial charge in [-0.05, 0) is 23.8 Å². The number of hydrogen-bond donors (Lipinski definition) is 1. The van der Waals surface area contributed by atoms with Gasteiger partial charge in [-0.1, -0.05) is 26.3 Å². The number of imidazole rings is 1. The molecule has 2 atom stereocenters. The first-order chi connectivity index (χ1) is 9.04. The number of fused-ring (bicyclic) bond motifs is 1. The zero-order chi connectivity index (χ0) is 14.0. The fourth-order valence-electron chi connectivity index (χ4n) is 1.97. The van der Waals surface area contributed by atoms with E-state index in [1.165, 1.54) is 4.40 Å². The Bertz CT molecular complexity index is 593. The van der Waals surface area contributed by atoms with Crippen LogP contribution in [0, 0.1) is 16.0 Å². The van der Waals surface area contributed by atoms with Gasteiger partial charge in [0, 0.05) is 12.1 Å². The van der Waals surface area contributed by atoms with Crippen molar-refractivity contribution in [1.29, 1.82) is 0 Å². The molecule has 2 unspecified atom stereocenters. The Morgan fingerprint density at radius 2 is 2.21 bits per heavy atom. The lowest BCUT2D eigenvalue weighted by molar-refractivity contribution is -0.389. The molecule has 0 aromatic carbocycles. The standard InChI is InChI=1S/C13H18N4O2/c1-4-9(2)10(3)14-12-13(17(18)19)16-8-6-5-7-11(16)15-12/h5-10,14H,4H2,1-3H3. The van der Waals surface area contributed by atoms with E-state index in [0.717, 1.165) is 6.42 Å². The van der Waals surface area contributed by atoms with Crippen molar-refractivity contribution in [2.24, 2.45) is 5.92 Å². The summed E-state index contributed by atoms with van der Waals surface area (Å²) in [6.07, 6.45) is 2.66. The van der Waals surface area contributed by atoms with Crippen LogP contribution in [0.2, 0.25) is 0 Å². The highest BCUT2D eigenvalue weighted by atomic mass is 16.6. The first-order valence-electron chi connectivity index (χ1n) is 6.42. The van der Waals surface area contributed by atoms with E-state index in [-0.39, 0.29) is 11.9 Å². The van der Waals surface area contributed by atoms with E-state index < -0.39 is 4.92 Å². The van der Waals surface area contributed by atoms with Crippen LogP contribution < -0.4 is 5.32 Å². The molecule has 0 radical (unpaired) electrons. The molecule has 6 nitrogen and oxygen atoms in total. The van der Waals surface area contributed by atoms with Gasteiger partial charge in [-0.2, -0.15) is 9.38 Å². The quantitative estimate of drug-likeness (QED) is 0.663. The van der Waals surface area contributed by atoms with Crippen molar-refractivity contribution in [3.05, 3.63) is 34.5 Å². The van der Waals surface area contributed by atoms with Gasteiger partial charge in [0.1, 0.15) is 0 Å². The molecule has 19 heavy (non-hydrogen) atoms. The van der Waals surface area contributed by atoms with Crippen LogP contribution in [-0.4, -0.2) is 20.3 Å². The maximum absolute atomic E-state index is 11.2. The Hall–Kier alpha value is -2.11. The maximum atomic E-state index is 11.2. The number of nitro groups is 1. The van der Waals surface area contributed by atoms with Gasteiger partial charge in [-0.15, -0.1) is 0 Å². The largest absolute Gasteiger partial charge is 0.372 e. The molecule has 1 N–H and O–H groups in total. The molecule has 0 saturated carbocycles. The van der Waals surface area contributed by atoms with E-state index in [2.05, 4.69) is 24.1 Å². The van der Waals surface area contributed by atoms with Crippen LogP contribution in [-0.2, 0) is 0 Å². The third kappa shape index (κ3) is 2.52. The molecule has 102 valence electrons. The van der Waals surface area contributed by atoms with Gasteiger partial charge in [-0.3, -0.25) is 0 Å². The molecule has 2 aromatic heterocycles. The van der Waals surface area contributed by atoms with Gasteiger partial charge >= 0.3 is 5.82 Å². The Kier molecular flexibility index (Phi) is 3.69. The molecular formula is C13H18N4O2. The summed E-state index contributed by atoms with van der Waals surface area (Å²) >= 11 is 0. The highest BCUT2D eigenvalue weighted by Crippen LogP contribution is 2.27. The van der Waals surface area contributed by atoms with E-state index in [9.17, 15) is 10.1 Å². The van der Waals surface area contributed by atoms with E-state index in [4.69, 9.17) is 0 Å². The fraction of sp³-hybridized carbons (Fsp3) is 0.462. The Morgan fingerprint density at radius 3 is 2.84 bits per heavy atom. The molecule has 2 heterocycles. The molecule has 0 spiro atoms. The second-order valence-electron chi connectivity index (χ2n) is 4.79. The van der Waals surface area contributed by atoms with Crippen LogP contribution in [0.15, 0.2) is 24.4 Å². The summed E-state index contributed by atoms with van der Waals surface area (Å²) < 4.78 is 1.49. The third-order valence-electron chi connectivity index (χ3n) is 3.54. The Morgan fingerprint density at radius 1 is 1.47 bits per heavy atom. The summed E-state index contributed by atoms with van der Waals surface area (Å²) in [7, 11) is 0. The minimum Gasteiger partial charge on any atom is -0.360 e. The minimum absolute atomic E-state index is 0.00856. The number of aromatic nitrogens is 2. The van der Waals surface area contributed by atoms with Crippen molar-refractivity contribution in [2.75, 3.05) is 5.32 Å². The molecule has 0 bridgehead atoms. The smallest absolute Gasteiger partial charge is 0.360 e. The number of nitrogens with one attached hydrogen (secondary N) is 1. The molecule has 2 aromatic rings. The van der Waals surface area contributed by atoms with Crippen LogP contribution in [0.3, 0.4) is 0 Å². The number of hydrogen-bond acceptors (Lipinski definition) is 4. The number of nitrogens with zero attached hydrogens (tertiary/aromatic N) is 3. The predicted molar refractivity (Wildman–Crippen MR) is 74.4 cm³/mol. The zero-order valence-corrected chi connectivity index (χ0v) is 11.3. The summed E-state index contributed by atoms with van der Waals surface area (Å²) in [6, 6.07) is 5.46. The molecule has 0 fully saturated rings. The molecule has 0 amide bonds. The first-order valence-corrected chi connectivity index (χ1v) is 6.42. The van der Waals surface area contributed by atoms with Crippen LogP contribution in [0.4, 0.5) is 11.6 Å². The van der Waals surface area contributed by atoms with Crippen LogP contribution >= 0.6 is 0 Å². The van der Waals surface area contributed by atoms with Crippen molar-refractivity contribution in [3.63, 3.8) is 0 Å². The molecule has 2 rings (SSSR count). The summed E-state index contributed by atoms with van der Waals surface area (Å²) in [5.41, 5.74) is 0.577. The third-order valence-corrected chi connectivity index (χ3v) is 3.54. The number of rotatable bonds is 5. The first kappa shape index (κ1) is 13.3. The van der Waals surface area contributed by atoms with E-state index >= 15 is 0 Å². The van der Waals surface area contributed by atoms with Gasteiger partial charge in [0.15, 0.2) is 0 Å². The van der Waals surface area contributed by atoms with E-state index in [1.54, 1.807) is 18.3 Å². The Labute approximate surface area is 111 Å². The highest BCUT2D eigenvalue weighted by molar-refractivity contribution is 5.62. The molecule has 0 saturated heterocycles. The second kappa shape index (κ2) is 5.26. The summed E-state index contributed by atoms with van der Waals surface area (Å²) in [5, 5.41) is 14.4. The van der Waals surface area contributed by atoms with E-state index in [1.807, 2.05) is 13.0 Å². The topological polar surface area (TPSA) is 72.5 Å². The van der Waals surface area contributed by atoms with Gasteiger partial charge in [-0.25, -0.2) is 0 Å². The SMILES string of the molecule is CCC(C)C(C)Nc1nc2ccccn2c1[N+](=O)[O-]. The van der Waals surface area contributed by atoms with Crippen molar-refractivity contribution in [3.8, 4) is 0 Å². The average Bonchev–Trinajstić information content (AvgIpc) is 2.75. The van der Waals surface area contributed by atoms with Crippen molar-refractivity contribution >= 4 is 17.3 Å². The number of anilines is 1. The lowest BCUT2D eigenvalue weighted by atomic mass is 10.0. The van der Waals surface area contributed by atoms with Crippen LogP contribution in [0.1, 0.15) is 27.2 Å². The van der Waals surface area contributed by atoms with Gasteiger partial charge in [0.05, 0.1) is 6.20 Å². The van der Waals surface area contributed by atoms with E-state index in [0.29, 0.717) is 17.4 Å². The normalized spacial score (nSPS) is 14.3. The monoisotopic (exact) mass is 262 g/mol. The average molecular weight is 262 g/mol. The Balaban J connectivity index is 2.42. The number of pyridine rings is 1. The predicted octanol–water partition coefficient (Wildman–Crippen LogP) is 3.09. The summed E-state index contributed by atoms with van der Waals surface area (Å²) in [5.74, 6) is 0.749. The highest BCUT2D eigenvalue weighted by Gasteiger charge is 2.24. The molecule has 6 heteroatoms. The lowest BCUT2D eigenvalue weighted by Crippen LogP contribution is -2.23. The summed E-state index contributed by atoms with van der Waals surface area (Å²) in [4.78, 5) is 15.1. The minimum atomic E-state index is -0.397. The molecular weight excluding hydrogens is 244 g/mol. The maximum Gasteiger partial charge on any atom is 0.372 e. The molecule has 0 aliphatic carbocycles. The van der Waals surface area contributed by atoms with Crippen molar-refractivity contribution in [2.45, 2.75) is 33.2 Å². The van der Waals surface area contributed by atoms with Gasteiger partial charge in [0.2, 0.25) is 11.5 Å². The zero-order valence-electron chi connectivity index (χ0n) is 11.3. The lowest BCUT2D eigenvalue weighted by Gasteiger charge is -2.19. The second-order valence-corrected chi connectivity index (χ2v) is 4.79. The van der Waals surface area contributed by atoms with Gasteiger partial charge in [0.25, 0.3) is 0 Å².